The molecular weight excluding hydrogens is 336 g/mol. The van der Waals surface area contributed by atoms with E-state index in [1.54, 1.807) is 7.11 Å². The highest BCUT2D eigenvalue weighted by Crippen LogP contribution is 2.32. The smallest absolute Gasteiger partial charge is 0.330 e. The fourth-order valence-electron chi connectivity index (χ4n) is 2.31. The molecule has 0 aliphatic heterocycles. The number of benzene rings is 2. The average Bonchev–Trinajstić information content (AvgIpc) is 2.67. The summed E-state index contributed by atoms with van der Waals surface area (Å²) < 4.78 is 26.8. The Balaban J connectivity index is 1.85. The van der Waals surface area contributed by atoms with Gasteiger partial charge in [-0.2, -0.15) is 0 Å². The minimum absolute atomic E-state index is 0.196. The Bertz CT molecular complexity index is 713. The molecule has 0 bridgehead atoms. The lowest BCUT2D eigenvalue weighted by Crippen LogP contribution is -2.12. The van der Waals surface area contributed by atoms with Crippen molar-refractivity contribution in [2.45, 2.75) is 0 Å². The van der Waals surface area contributed by atoms with E-state index < -0.39 is 5.97 Å². The highest BCUT2D eigenvalue weighted by Gasteiger charge is 2.07. The Morgan fingerprint density at radius 3 is 2.04 bits per heavy atom. The van der Waals surface area contributed by atoms with Crippen LogP contribution >= 0.6 is 0 Å². The zero-order chi connectivity index (χ0) is 18.6. The minimum Gasteiger partial charge on any atom is -0.491 e. The second-order valence-corrected chi connectivity index (χ2v) is 5.28. The van der Waals surface area contributed by atoms with Gasteiger partial charge in [-0.25, -0.2) is 4.79 Å². The molecule has 6 nitrogen and oxygen atoms in total. The molecule has 0 saturated heterocycles. The van der Waals surface area contributed by atoms with Crippen LogP contribution in [-0.2, 0) is 19.0 Å². The normalized spacial score (nSPS) is 10.5. The van der Waals surface area contributed by atoms with E-state index in [-0.39, 0.29) is 6.61 Å². The van der Waals surface area contributed by atoms with Crippen LogP contribution in [0.4, 0.5) is 0 Å². The largest absolute Gasteiger partial charge is 0.491 e. The summed E-state index contributed by atoms with van der Waals surface area (Å²) in [6.07, 6.45) is 1.12. The van der Waals surface area contributed by atoms with Gasteiger partial charge in [0.25, 0.3) is 0 Å². The third-order valence-corrected chi connectivity index (χ3v) is 3.51. The van der Waals surface area contributed by atoms with Crippen molar-refractivity contribution in [1.82, 2.24) is 0 Å². The second kappa shape index (κ2) is 11.1. The predicted octanol–water partition coefficient (Wildman–Crippen LogP) is 2.99. The molecule has 2 rings (SSSR count). The van der Waals surface area contributed by atoms with Gasteiger partial charge in [0.1, 0.15) is 31.3 Å². The van der Waals surface area contributed by atoms with Crippen LogP contribution in [-0.4, -0.2) is 52.7 Å². The van der Waals surface area contributed by atoms with E-state index >= 15 is 0 Å². The Morgan fingerprint density at radius 2 is 1.46 bits per heavy atom. The van der Waals surface area contributed by atoms with Crippen molar-refractivity contribution in [3.8, 4) is 11.5 Å². The number of carbonyl (C=O) groups is 1. The van der Waals surface area contributed by atoms with Gasteiger partial charge < -0.3 is 23.7 Å². The van der Waals surface area contributed by atoms with Gasteiger partial charge in [0.2, 0.25) is 0 Å². The van der Waals surface area contributed by atoms with E-state index in [9.17, 15) is 4.79 Å². The first kappa shape index (κ1) is 19.8. The van der Waals surface area contributed by atoms with Gasteiger partial charge in [-0.1, -0.05) is 30.8 Å². The topological polar surface area (TPSA) is 63.2 Å². The maximum absolute atomic E-state index is 10.9. The van der Waals surface area contributed by atoms with E-state index in [4.69, 9.17) is 23.7 Å². The van der Waals surface area contributed by atoms with Crippen LogP contribution in [0.1, 0.15) is 0 Å². The highest BCUT2D eigenvalue weighted by molar-refractivity contribution is 5.93. The fraction of sp³-hybridized carbons (Fsp3) is 0.350. The molecule has 0 atom stereocenters. The molecular formula is C20H24O6. The van der Waals surface area contributed by atoms with Gasteiger partial charge in [-0.3, -0.25) is 0 Å². The maximum Gasteiger partial charge on any atom is 0.330 e. The molecule has 0 aliphatic carbocycles. The third-order valence-electron chi connectivity index (χ3n) is 3.51. The lowest BCUT2D eigenvalue weighted by molar-refractivity contribution is -0.139. The molecule has 0 unspecified atom stereocenters. The Kier molecular flexibility index (Phi) is 8.45. The molecule has 0 fully saturated rings. The summed E-state index contributed by atoms with van der Waals surface area (Å²) in [7, 11) is 1.64. The molecule has 0 heterocycles. The van der Waals surface area contributed by atoms with Crippen LogP contribution < -0.4 is 9.47 Å². The number of esters is 1. The molecule has 0 radical (unpaired) electrons. The molecule has 0 aliphatic rings. The third kappa shape index (κ3) is 6.06. The first-order valence-corrected chi connectivity index (χ1v) is 8.39. The number of ether oxygens (including phenoxy) is 5. The monoisotopic (exact) mass is 360 g/mol. The summed E-state index contributed by atoms with van der Waals surface area (Å²) >= 11 is 0. The molecule has 6 heteroatoms. The van der Waals surface area contributed by atoms with Crippen LogP contribution in [0.3, 0.4) is 0 Å². The number of carbonyl (C=O) groups excluding carboxylic acids is 1. The van der Waals surface area contributed by atoms with Gasteiger partial charge >= 0.3 is 5.97 Å². The zero-order valence-electron chi connectivity index (χ0n) is 14.9. The Morgan fingerprint density at radius 1 is 0.885 bits per heavy atom. The molecule has 140 valence electrons. The van der Waals surface area contributed by atoms with Gasteiger partial charge in [0.15, 0.2) is 0 Å². The van der Waals surface area contributed by atoms with Crippen molar-refractivity contribution in [3.05, 3.63) is 49.1 Å². The van der Waals surface area contributed by atoms with Crippen molar-refractivity contribution in [3.63, 3.8) is 0 Å². The van der Waals surface area contributed by atoms with Crippen molar-refractivity contribution < 1.29 is 28.5 Å². The lowest BCUT2D eigenvalue weighted by Gasteiger charge is -2.13. The molecule has 26 heavy (non-hydrogen) atoms. The number of hydrogen-bond acceptors (Lipinski definition) is 6. The van der Waals surface area contributed by atoms with E-state index in [2.05, 4.69) is 6.58 Å². The van der Waals surface area contributed by atoms with Crippen molar-refractivity contribution >= 4 is 16.7 Å². The molecule has 0 aromatic heterocycles. The van der Waals surface area contributed by atoms with Crippen molar-refractivity contribution in [2.24, 2.45) is 0 Å². The number of hydrogen-bond donors (Lipinski definition) is 0. The quantitative estimate of drug-likeness (QED) is 0.329. The van der Waals surface area contributed by atoms with Crippen LogP contribution in [0, 0.1) is 0 Å². The molecule has 0 amide bonds. The van der Waals surface area contributed by atoms with E-state index in [1.807, 2.05) is 36.4 Å². The van der Waals surface area contributed by atoms with Gasteiger partial charge in [-0.05, 0) is 12.1 Å². The number of fused-ring (bicyclic) bond motifs is 1. The number of rotatable bonds is 12. The van der Waals surface area contributed by atoms with E-state index in [0.29, 0.717) is 33.0 Å². The summed E-state index contributed by atoms with van der Waals surface area (Å²) in [4.78, 5) is 10.9. The number of methoxy groups -OCH3 is 1. The first-order valence-electron chi connectivity index (χ1n) is 8.39. The zero-order valence-corrected chi connectivity index (χ0v) is 14.9. The first-order chi connectivity index (χ1) is 12.8. The van der Waals surface area contributed by atoms with E-state index in [0.717, 1.165) is 28.3 Å². The van der Waals surface area contributed by atoms with Crippen molar-refractivity contribution in [1.29, 1.82) is 0 Å². The molecule has 0 N–H and O–H groups in total. The maximum atomic E-state index is 10.9. The summed E-state index contributed by atoms with van der Waals surface area (Å²) in [5.74, 6) is 1.11. The van der Waals surface area contributed by atoms with Crippen LogP contribution in [0.5, 0.6) is 11.5 Å². The predicted molar refractivity (Wildman–Crippen MR) is 98.8 cm³/mol. The fourth-order valence-corrected chi connectivity index (χ4v) is 2.31. The molecule has 2 aromatic rings. The molecule has 0 saturated carbocycles. The van der Waals surface area contributed by atoms with Gasteiger partial charge in [-0.15, -0.1) is 0 Å². The summed E-state index contributed by atoms with van der Waals surface area (Å²) in [5, 5.41) is 1.96. The van der Waals surface area contributed by atoms with Crippen LogP contribution in [0.2, 0.25) is 0 Å². The Hall–Kier alpha value is -2.57. The average molecular weight is 360 g/mol. The highest BCUT2D eigenvalue weighted by atomic mass is 16.6. The van der Waals surface area contributed by atoms with Crippen molar-refractivity contribution in [2.75, 3.05) is 46.8 Å². The van der Waals surface area contributed by atoms with Crippen LogP contribution in [0.15, 0.2) is 49.1 Å². The standard InChI is InChI=1S/C20H24O6/c1-3-20(21)26-15-12-23-11-14-25-19-9-5-6-16-17(19)7-4-8-18(16)24-13-10-22-2/h3-9H,1,10-15H2,2H3. The summed E-state index contributed by atoms with van der Waals surface area (Å²) in [6, 6.07) is 11.7. The van der Waals surface area contributed by atoms with Gasteiger partial charge in [0, 0.05) is 24.0 Å². The molecule has 0 spiro atoms. The molecule has 2 aromatic carbocycles. The second-order valence-electron chi connectivity index (χ2n) is 5.28. The summed E-state index contributed by atoms with van der Waals surface area (Å²) in [5.41, 5.74) is 0. The van der Waals surface area contributed by atoms with E-state index in [1.165, 1.54) is 0 Å². The lowest BCUT2D eigenvalue weighted by atomic mass is 10.1. The Labute approximate surface area is 153 Å². The van der Waals surface area contributed by atoms with Crippen LogP contribution in [0.25, 0.3) is 10.8 Å². The SMILES string of the molecule is C=CC(=O)OCCOCCOc1cccc2c(OCCOC)cccc12. The van der Waals surface area contributed by atoms with Gasteiger partial charge in [0.05, 0.1) is 19.8 Å². The summed E-state index contributed by atoms with van der Waals surface area (Å²) in [6.45, 7) is 5.65. The minimum atomic E-state index is -0.455.